The van der Waals surface area contributed by atoms with Crippen LogP contribution in [0.15, 0.2) is 6.20 Å². The van der Waals surface area contributed by atoms with Gasteiger partial charge >= 0.3 is 0 Å². The van der Waals surface area contributed by atoms with Crippen LogP contribution in [0.1, 0.15) is 69.2 Å². The Morgan fingerprint density at radius 1 is 1.30 bits per heavy atom. The summed E-state index contributed by atoms with van der Waals surface area (Å²) in [6, 6.07) is 0.513. The maximum absolute atomic E-state index is 6.20. The highest BCUT2D eigenvalue weighted by Gasteiger charge is 2.36. The molecule has 1 heterocycles. The second-order valence-electron chi connectivity index (χ2n) is 6.01. The van der Waals surface area contributed by atoms with Gasteiger partial charge in [0.15, 0.2) is 0 Å². The molecule has 0 amide bonds. The summed E-state index contributed by atoms with van der Waals surface area (Å²) in [6.45, 7) is 8.14. The molecule has 1 saturated carbocycles. The molecule has 0 bridgehead atoms. The van der Waals surface area contributed by atoms with Crippen molar-refractivity contribution >= 4 is 11.3 Å². The van der Waals surface area contributed by atoms with Crippen LogP contribution in [-0.4, -0.2) is 17.6 Å². The molecule has 0 unspecified atom stereocenters. The van der Waals surface area contributed by atoms with Crippen LogP contribution in [-0.2, 0) is 16.9 Å². The minimum absolute atomic E-state index is 0.105. The molecule has 3 nitrogen and oxygen atoms in total. The minimum atomic E-state index is -0.105. The molecule has 1 fully saturated rings. The van der Waals surface area contributed by atoms with E-state index >= 15 is 0 Å². The van der Waals surface area contributed by atoms with Gasteiger partial charge in [0.1, 0.15) is 10.6 Å². The Hall–Kier alpha value is -0.450. The van der Waals surface area contributed by atoms with Crippen LogP contribution in [0.3, 0.4) is 0 Å². The highest BCUT2D eigenvalue weighted by Crippen LogP contribution is 2.41. The van der Waals surface area contributed by atoms with Crippen LogP contribution in [0.5, 0.6) is 0 Å². The van der Waals surface area contributed by atoms with Crippen molar-refractivity contribution < 1.29 is 4.74 Å². The van der Waals surface area contributed by atoms with E-state index < -0.39 is 0 Å². The Balaban J connectivity index is 2.12. The van der Waals surface area contributed by atoms with E-state index in [-0.39, 0.29) is 5.60 Å². The van der Waals surface area contributed by atoms with Gasteiger partial charge in [0.05, 0.1) is 0 Å². The van der Waals surface area contributed by atoms with Gasteiger partial charge in [0, 0.05) is 30.3 Å². The summed E-state index contributed by atoms with van der Waals surface area (Å²) in [7, 11) is 0. The van der Waals surface area contributed by atoms with E-state index in [1.54, 1.807) is 0 Å². The van der Waals surface area contributed by atoms with E-state index in [1.807, 2.05) is 17.5 Å². The van der Waals surface area contributed by atoms with Crippen molar-refractivity contribution in [2.24, 2.45) is 0 Å². The first-order chi connectivity index (χ1) is 9.66. The zero-order valence-corrected chi connectivity index (χ0v) is 13.9. The number of thiazole rings is 1. The Labute approximate surface area is 127 Å². The van der Waals surface area contributed by atoms with Crippen molar-refractivity contribution in [2.45, 2.75) is 77.5 Å². The van der Waals surface area contributed by atoms with Gasteiger partial charge < -0.3 is 10.1 Å². The molecule has 4 heteroatoms. The largest absolute Gasteiger partial charge is 0.368 e. The first-order valence-electron chi connectivity index (χ1n) is 7.99. The zero-order valence-electron chi connectivity index (χ0n) is 13.1. The molecule has 0 aliphatic heterocycles. The third-order valence-electron chi connectivity index (χ3n) is 3.96. The third kappa shape index (κ3) is 4.03. The number of hydrogen-bond acceptors (Lipinski definition) is 4. The van der Waals surface area contributed by atoms with Gasteiger partial charge in [-0.3, -0.25) is 0 Å². The van der Waals surface area contributed by atoms with Crippen molar-refractivity contribution in [2.75, 3.05) is 6.61 Å². The Morgan fingerprint density at radius 3 is 2.60 bits per heavy atom. The first-order valence-corrected chi connectivity index (χ1v) is 8.80. The van der Waals surface area contributed by atoms with Gasteiger partial charge in [-0.25, -0.2) is 4.98 Å². The summed E-state index contributed by atoms with van der Waals surface area (Å²) in [6.07, 6.45) is 9.49. The lowest BCUT2D eigenvalue weighted by atomic mass is 9.95. The fourth-order valence-corrected chi connectivity index (χ4v) is 3.96. The lowest BCUT2D eigenvalue weighted by Gasteiger charge is -2.30. The van der Waals surface area contributed by atoms with E-state index in [0.717, 1.165) is 26.0 Å². The molecule has 114 valence electrons. The maximum Gasteiger partial charge on any atom is 0.125 e. The summed E-state index contributed by atoms with van der Waals surface area (Å²) < 4.78 is 6.20. The topological polar surface area (TPSA) is 34.1 Å². The first kappa shape index (κ1) is 15.9. The van der Waals surface area contributed by atoms with Crippen molar-refractivity contribution in [3.8, 4) is 0 Å². The highest BCUT2D eigenvalue weighted by molar-refractivity contribution is 7.11. The van der Waals surface area contributed by atoms with Gasteiger partial charge in [-0.2, -0.15) is 0 Å². The second kappa shape index (κ2) is 7.53. The molecule has 1 aliphatic rings. The lowest BCUT2D eigenvalue weighted by molar-refractivity contribution is -0.0559. The number of aromatic nitrogens is 1. The average molecular weight is 296 g/mol. The lowest BCUT2D eigenvalue weighted by Crippen LogP contribution is -2.29. The highest BCUT2D eigenvalue weighted by atomic mass is 32.1. The van der Waals surface area contributed by atoms with E-state index in [2.05, 4.69) is 26.1 Å². The molecular formula is C16H28N2OS. The van der Waals surface area contributed by atoms with E-state index in [4.69, 9.17) is 9.72 Å². The Bertz CT molecular complexity index is 395. The molecule has 0 atom stereocenters. The predicted octanol–water partition coefficient (Wildman–Crippen LogP) is 4.23. The van der Waals surface area contributed by atoms with E-state index in [9.17, 15) is 0 Å². The number of rotatable bonds is 6. The Morgan fingerprint density at radius 2 is 2.00 bits per heavy atom. The summed E-state index contributed by atoms with van der Waals surface area (Å²) >= 11 is 1.83. The van der Waals surface area contributed by atoms with Crippen molar-refractivity contribution in [1.29, 1.82) is 0 Å². The fourth-order valence-electron chi connectivity index (χ4n) is 2.90. The third-order valence-corrected chi connectivity index (χ3v) is 5.14. The standard InChI is InChI=1S/C16H28N2OS/c1-4-19-16(9-7-5-6-8-10-16)15-18-12-14(20-15)11-17-13(2)3/h12-13,17H,4-11H2,1-3H3. The van der Waals surface area contributed by atoms with Crippen LogP contribution in [0.2, 0.25) is 0 Å². The summed E-state index contributed by atoms with van der Waals surface area (Å²) in [5.41, 5.74) is -0.105. The molecule has 2 rings (SSSR count). The van der Waals surface area contributed by atoms with E-state index in [1.165, 1.54) is 35.6 Å². The van der Waals surface area contributed by atoms with Crippen LogP contribution in [0.25, 0.3) is 0 Å². The molecule has 0 radical (unpaired) electrons. The van der Waals surface area contributed by atoms with Crippen LogP contribution in [0.4, 0.5) is 0 Å². The van der Waals surface area contributed by atoms with Crippen molar-refractivity contribution in [3.63, 3.8) is 0 Å². The summed E-state index contributed by atoms with van der Waals surface area (Å²) in [5, 5.41) is 4.66. The molecule has 1 aromatic heterocycles. The second-order valence-corrected chi connectivity index (χ2v) is 7.12. The molecule has 0 aromatic carbocycles. The van der Waals surface area contributed by atoms with Gasteiger partial charge in [-0.15, -0.1) is 11.3 Å². The van der Waals surface area contributed by atoms with Crippen LogP contribution >= 0.6 is 11.3 Å². The fraction of sp³-hybridized carbons (Fsp3) is 0.812. The Kier molecular flexibility index (Phi) is 6.00. The van der Waals surface area contributed by atoms with Crippen molar-refractivity contribution in [1.82, 2.24) is 10.3 Å². The number of hydrogen-bond donors (Lipinski definition) is 1. The van der Waals surface area contributed by atoms with E-state index in [0.29, 0.717) is 6.04 Å². The predicted molar refractivity (Wildman–Crippen MR) is 85.1 cm³/mol. The van der Waals surface area contributed by atoms with Gasteiger partial charge in [0.25, 0.3) is 0 Å². The minimum Gasteiger partial charge on any atom is -0.368 e. The van der Waals surface area contributed by atoms with Gasteiger partial charge in [0.2, 0.25) is 0 Å². The van der Waals surface area contributed by atoms with Crippen LogP contribution in [0, 0.1) is 0 Å². The normalized spacial score (nSPS) is 19.2. The average Bonchev–Trinajstić information content (AvgIpc) is 2.78. The van der Waals surface area contributed by atoms with Gasteiger partial charge in [-0.1, -0.05) is 39.5 Å². The van der Waals surface area contributed by atoms with Crippen LogP contribution < -0.4 is 5.32 Å². The summed E-state index contributed by atoms with van der Waals surface area (Å²) in [4.78, 5) is 6.02. The number of nitrogens with one attached hydrogen (secondary N) is 1. The quantitative estimate of drug-likeness (QED) is 0.798. The summed E-state index contributed by atoms with van der Waals surface area (Å²) in [5.74, 6) is 0. The number of ether oxygens (including phenoxy) is 1. The molecule has 1 N–H and O–H groups in total. The van der Waals surface area contributed by atoms with Crippen molar-refractivity contribution in [3.05, 3.63) is 16.1 Å². The zero-order chi connectivity index (χ0) is 14.4. The molecule has 0 spiro atoms. The number of nitrogens with zero attached hydrogens (tertiary/aromatic N) is 1. The molecule has 1 aromatic rings. The molecular weight excluding hydrogens is 268 g/mol. The molecule has 20 heavy (non-hydrogen) atoms. The molecule has 0 saturated heterocycles. The maximum atomic E-state index is 6.20. The monoisotopic (exact) mass is 296 g/mol. The molecule has 1 aliphatic carbocycles. The van der Waals surface area contributed by atoms with Gasteiger partial charge in [-0.05, 0) is 19.8 Å². The smallest absolute Gasteiger partial charge is 0.125 e. The SMILES string of the molecule is CCOC1(c2ncc(CNC(C)C)s2)CCCCCC1.